The van der Waals surface area contributed by atoms with Gasteiger partial charge in [0.1, 0.15) is 5.65 Å². The first-order chi connectivity index (χ1) is 6.35. The minimum Gasteiger partial charge on any atom is -0.333 e. The van der Waals surface area contributed by atoms with Gasteiger partial charge in [0.15, 0.2) is 0 Å². The van der Waals surface area contributed by atoms with Gasteiger partial charge in [-0.15, -0.1) is 0 Å². The molecule has 0 bridgehead atoms. The second-order valence-electron chi connectivity index (χ2n) is 3.21. The Morgan fingerprint density at radius 2 is 2.23 bits per heavy atom. The van der Waals surface area contributed by atoms with Gasteiger partial charge in [-0.1, -0.05) is 6.92 Å². The van der Waals surface area contributed by atoms with Crippen molar-refractivity contribution < 1.29 is 0 Å². The molecule has 0 saturated carbocycles. The van der Waals surface area contributed by atoms with Crippen LogP contribution in [0.25, 0.3) is 11.0 Å². The lowest BCUT2D eigenvalue weighted by atomic mass is 10.2. The molecular formula is C11H14N2. The third-order valence-electron chi connectivity index (χ3n) is 2.41. The summed E-state index contributed by atoms with van der Waals surface area (Å²) in [5, 5.41) is 1.25. The highest BCUT2D eigenvalue weighted by molar-refractivity contribution is 5.76. The highest BCUT2D eigenvalue weighted by Gasteiger charge is 2.00. The van der Waals surface area contributed by atoms with Crippen LogP contribution in [-0.4, -0.2) is 9.55 Å². The Labute approximate surface area is 78.2 Å². The fourth-order valence-corrected chi connectivity index (χ4v) is 1.57. The van der Waals surface area contributed by atoms with E-state index in [0.29, 0.717) is 0 Å². The third-order valence-corrected chi connectivity index (χ3v) is 2.41. The molecule has 2 heterocycles. The van der Waals surface area contributed by atoms with Crippen LogP contribution in [0.15, 0.2) is 24.5 Å². The SMILES string of the molecule is CCc1cnc2c(ccn2CC)c1. The van der Waals surface area contributed by atoms with Crippen molar-refractivity contribution >= 4 is 11.0 Å². The zero-order valence-corrected chi connectivity index (χ0v) is 8.12. The Morgan fingerprint density at radius 1 is 1.38 bits per heavy atom. The van der Waals surface area contributed by atoms with E-state index < -0.39 is 0 Å². The quantitative estimate of drug-likeness (QED) is 0.684. The zero-order chi connectivity index (χ0) is 9.26. The van der Waals surface area contributed by atoms with E-state index in [2.05, 4.69) is 41.7 Å². The van der Waals surface area contributed by atoms with E-state index in [0.717, 1.165) is 18.6 Å². The molecular weight excluding hydrogens is 160 g/mol. The van der Waals surface area contributed by atoms with Crippen LogP contribution in [0.2, 0.25) is 0 Å². The van der Waals surface area contributed by atoms with Gasteiger partial charge in [-0.3, -0.25) is 0 Å². The maximum atomic E-state index is 4.45. The van der Waals surface area contributed by atoms with E-state index in [1.54, 1.807) is 0 Å². The number of aryl methyl sites for hydroxylation is 2. The maximum Gasteiger partial charge on any atom is 0.139 e. The van der Waals surface area contributed by atoms with Crippen molar-refractivity contribution in [1.29, 1.82) is 0 Å². The summed E-state index contributed by atoms with van der Waals surface area (Å²) in [6, 6.07) is 4.35. The van der Waals surface area contributed by atoms with Crippen LogP contribution in [-0.2, 0) is 13.0 Å². The normalized spacial score (nSPS) is 10.9. The van der Waals surface area contributed by atoms with Gasteiger partial charge >= 0.3 is 0 Å². The third kappa shape index (κ3) is 1.32. The number of aromatic nitrogens is 2. The minimum atomic E-state index is 0.988. The molecule has 2 aromatic heterocycles. The number of nitrogens with zero attached hydrogens (tertiary/aromatic N) is 2. The van der Waals surface area contributed by atoms with E-state index in [1.165, 1.54) is 10.9 Å². The van der Waals surface area contributed by atoms with Gasteiger partial charge in [-0.05, 0) is 31.0 Å². The molecule has 0 aliphatic carbocycles. The van der Waals surface area contributed by atoms with Gasteiger partial charge in [-0.25, -0.2) is 4.98 Å². The molecule has 0 radical (unpaired) electrons. The molecule has 0 aromatic carbocycles. The summed E-state index contributed by atoms with van der Waals surface area (Å²) in [6.07, 6.45) is 5.12. The summed E-state index contributed by atoms with van der Waals surface area (Å²) in [5.41, 5.74) is 2.40. The van der Waals surface area contributed by atoms with Crippen molar-refractivity contribution in [2.24, 2.45) is 0 Å². The molecule has 2 nitrogen and oxygen atoms in total. The van der Waals surface area contributed by atoms with Crippen LogP contribution in [0.3, 0.4) is 0 Å². The first-order valence-electron chi connectivity index (χ1n) is 4.79. The first-order valence-corrected chi connectivity index (χ1v) is 4.79. The van der Waals surface area contributed by atoms with Gasteiger partial charge in [0, 0.05) is 24.3 Å². The second-order valence-corrected chi connectivity index (χ2v) is 3.21. The highest BCUT2D eigenvalue weighted by atomic mass is 15.0. The van der Waals surface area contributed by atoms with Crippen molar-refractivity contribution in [3.8, 4) is 0 Å². The van der Waals surface area contributed by atoms with Gasteiger partial charge in [0.05, 0.1) is 0 Å². The van der Waals surface area contributed by atoms with Gasteiger partial charge in [0.2, 0.25) is 0 Å². The Balaban J connectivity index is 2.61. The number of hydrogen-bond donors (Lipinski definition) is 0. The van der Waals surface area contributed by atoms with Gasteiger partial charge in [0.25, 0.3) is 0 Å². The summed E-state index contributed by atoms with van der Waals surface area (Å²) >= 11 is 0. The molecule has 0 aliphatic rings. The second kappa shape index (κ2) is 3.21. The highest BCUT2D eigenvalue weighted by Crippen LogP contribution is 2.14. The van der Waals surface area contributed by atoms with E-state index in [4.69, 9.17) is 0 Å². The molecule has 0 atom stereocenters. The van der Waals surface area contributed by atoms with Gasteiger partial charge in [-0.2, -0.15) is 0 Å². The maximum absolute atomic E-state index is 4.45. The summed E-state index contributed by atoms with van der Waals surface area (Å²) in [7, 11) is 0. The summed E-state index contributed by atoms with van der Waals surface area (Å²) < 4.78 is 2.16. The fourth-order valence-electron chi connectivity index (χ4n) is 1.57. The van der Waals surface area contributed by atoms with Crippen LogP contribution in [0.4, 0.5) is 0 Å². The zero-order valence-electron chi connectivity index (χ0n) is 8.12. The molecule has 13 heavy (non-hydrogen) atoms. The van der Waals surface area contributed by atoms with E-state index in [1.807, 2.05) is 6.20 Å². The van der Waals surface area contributed by atoms with Gasteiger partial charge < -0.3 is 4.57 Å². The van der Waals surface area contributed by atoms with Crippen molar-refractivity contribution in [1.82, 2.24) is 9.55 Å². The van der Waals surface area contributed by atoms with E-state index in [-0.39, 0.29) is 0 Å². The van der Waals surface area contributed by atoms with Crippen LogP contribution in [0.5, 0.6) is 0 Å². The van der Waals surface area contributed by atoms with Crippen molar-refractivity contribution in [2.75, 3.05) is 0 Å². The summed E-state index contributed by atoms with van der Waals surface area (Å²) in [4.78, 5) is 4.45. The van der Waals surface area contributed by atoms with E-state index in [9.17, 15) is 0 Å². The molecule has 0 fully saturated rings. The number of pyridine rings is 1. The largest absolute Gasteiger partial charge is 0.333 e. The average molecular weight is 174 g/mol. The fraction of sp³-hybridized carbons (Fsp3) is 0.364. The standard InChI is InChI=1S/C11H14N2/c1-3-9-7-10-5-6-13(4-2)11(10)12-8-9/h5-8H,3-4H2,1-2H3. The van der Waals surface area contributed by atoms with E-state index >= 15 is 0 Å². The molecule has 0 saturated heterocycles. The molecule has 0 unspecified atom stereocenters. The van der Waals surface area contributed by atoms with Crippen LogP contribution in [0.1, 0.15) is 19.4 Å². The predicted molar refractivity (Wildman–Crippen MR) is 54.8 cm³/mol. The molecule has 0 N–H and O–H groups in total. The smallest absolute Gasteiger partial charge is 0.139 e. The Hall–Kier alpha value is -1.31. The Morgan fingerprint density at radius 3 is 2.92 bits per heavy atom. The topological polar surface area (TPSA) is 17.8 Å². The predicted octanol–water partition coefficient (Wildman–Crippen LogP) is 2.62. The van der Waals surface area contributed by atoms with Crippen molar-refractivity contribution in [3.63, 3.8) is 0 Å². The average Bonchev–Trinajstić information content (AvgIpc) is 2.59. The monoisotopic (exact) mass is 174 g/mol. The molecule has 0 spiro atoms. The number of hydrogen-bond acceptors (Lipinski definition) is 1. The van der Waals surface area contributed by atoms with Crippen molar-refractivity contribution in [2.45, 2.75) is 26.8 Å². The first kappa shape index (κ1) is 8.30. The lowest BCUT2D eigenvalue weighted by Gasteiger charge is -2.00. The number of fused-ring (bicyclic) bond motifs is 1. The molecule has 0 amide bonds. The minimum absolute atomic E-state index is 0.988. The molecule has 2 heteroatoms. The lowest BCUT2D eigenvalue weighted by molar-refractivity contribution is 0.787. The molecule has 68 valence electrons. The summed E-state index contributed by atoms with van der Waals surface area (Å²) in [6.45, 7) is 5.27. The van der Waals surface area contributed by atoms with Crippen LogP contribution in [0, 0.1) is 0 Å². The summed E-state index contributed by atoms with van der Waals surface area (Å²) in [5.74, 6) is 0. The molecule has 2 aromatic rings. The van der Waals surface area contributed by atoms with Crippen molar-refractivity contribution in [3.05, 3.63) is 30.1 Å². The van der Waals surface area contributed by atoms with Crippen LogP contribution >= 0.6 is 0 Å². The molecule has 0 aliphatic heterocycles. The Kier molecular flexibility index (Phi) is 2.05. The van der Waals surface area contributed by atoms with Crippen LogP contribution < -0.4 is 0 Å². The molecule has 2 rings (SSSR count). The Bertz CT molecular complexity index is 415. The number of rotatable bonds is 2. The lowest BCUT2D eigenvalue weighted by Crippen LogP contribution is -1.93.